The monoisotopic (exact) mass is 335 g/mol. The highest BCUT2D eigenvalue weighted by atomic mass is 35.5. The van der Waals surface area contributed by atoms with Crippen LogP contribution in [-0.4, -0.2) is 32.2 Å². The molecule has 0 aliphatic rings. The van der Waals surface area contributed by atoms with Crippen LogP contribution in [0.5, 0.6) is 0 Å². The van der Waals surface area contributed by atoms with E-state index in [0.29, 0.717) is 0 Å². The normalized spacial score (nSPS) is 11.6. The Morgan fingerprint density at radius 1 is 1.24 bits per heavy atom. The van der Waals surface area contributed by atoms with E-state index in [4.69, 9.17) is 5.73 Å². The van der Waals surface area contributed by atoms with Crippen LogP contribution < -0.4 is 15.8 Å². The predicted octanol–water partition coefficient (Wildman–Crippen LogP) is 0.381. The lowest BCUT2D eigenvalue weighted by atomic mass is 10.1. The molecule has 6 nitrogen and oxygen atoms in total. The molecule has 0 unspecified atom stereocenters. The zero-order chi connectivity index (χ0) is 15.2. The van der Waals surface area contributed by atoms with Gasteiger partial charge >= 0.3 is 0 Å². The highest BCUT2D eigenvalue weighted by Crippen LogP contribution is 1.99. The molecule has 0 heterocycles. The number of carbonyl (C=O) groups is 1. The van der Waals surface area contributed by atoms with Crippen LogP contribution in [0.25, 0.3) is 0 Å². The quantitative estimate of drug-likeness (QED) is 0.670. The summed E-state index contributed by atoms with van der Waals surface area (Å²) in [6.45, 7) is 3.39. The van der Waals surface area contributed by atoms with Gasteiger partial charge in [-0.2, -0.15) is 0 Å². The van der Waals surface area contributed by atoms with Crippen molar-refractivity contribution in [1.82, 2.24) is 10.0 Å². The lowest BCUT2D eigenvalue weighted by Crippen LogP contribution is -2.50. The minimum absolute atomic E-state index is 0. The van der Waals surface area contributed by atoms with Crippen molar-refractivity contribution in [3.05, 3.63) is 35.9 Å². The van der Waals surface area contributed by atoms with Gasteiger partial charge in [-0.3, -0.25) is 4.79 Å². The first-order chi connectivity index (χ1) is 9.21. The average molecular weight is 336 g/mol. The van der Waals surface area contributed by atoms with Gasteiger partial charge in [-0.25, -0.2) is 13.1 Å². The van der Waals surface area contributed by atoms with Crippen molar-refractivity contribution in [2.45, 2.75) is 25.9 Å². The SMILES string of the molecule is CC(C)(N)C(=O)NCCS(=O)(=O)NCc1ccccc1.Cl. The topological polar surface area (TPSA) is 101 Å². The van der Waals surface area contributed by atoms with Crippen molar-refractivity contribution in [2.24, 2.45) is 5.73 Å². The van der Waals surface area contributed by atoms with Crippen LogP contribution in [0.1, 0.15) is 19.4 Å². The molecule has 0 saturated carbocycles. The van der Waals surface area contributed by atoms with E-state index < -0.39 is 15.6 Å². The van der Waals surface area contributed by atoms with Gasteiger partial charge in [-0.05, 0) is 19.4 Å². The van der Waals surface area contributed by atoms with Crippen LogP contribution in [0.4, 0.5) is 0 Å². The molecular formula is C13H22ClN3O3S. The largest absolute Gasteiger partial charge is 0.353 e. The highest BCUT2D eigenvalue weighted by Gasteiger charge is 2.21. The first-order valence-electron chi connectivity index (χ1n) is 6.29. The van der Waals surface area contributed by atoms with Gasteiger partial charge in [0, 0.05) is 13.1 Å². The summed E-state index contributed by atoms with van der Waals surface area (Å²) >= 11 is 0. The van der Waals surface area contributed by atoms with Crippen LogP contribution in [-0.2, 0) is 21.4 Å². The number of nitrogens with one attached hydrogen (secondary N) is 2. The third-order valence-electron chi connectivity index (χ3n) is 2.58. The number of rotatable bonds is 7. The van der Waals surface area contributed by atoms with Gasteiger partial charge in [0.05, 0.1) is 11.3 Å². The molecule has 1 aromatic rings. The second-order valence-corrected chi connectivity index (χ2v) is 7.03. The Morgan fingerprint density at radius 3 is 2.33 bits per heavy atom. The maximum atomic E-state index is 11.7. The standard InChI is InChI=1S/C13H21N3O3S.ClH/c1-13(2,14)12(17)15-8-9-20(18,19)16-10-11-6-4-3-5-7-11;/h3-7,16H,8-10,14H2,1-2H3,(H,15,17);1H. The minimum Gasteiger partial charge on any atom is -0.353 e. The number of sulfonamides is 1. The fraction of sp³-hybridized carbons (Fsp3) is 0.462. The van der Waals surface area contributed by atoms with Gasteiger partial charge < -0.3 is 11.1 Å². The molecule has 0 spiro atoms. The van der Waals surface area contributed by atoms with E-state index in [1.165, 1.54) is 0 Å². The van der Waals surface area contributed by atoms with Gasteiger partial charge in [-0.1, -0.05) is 30.3 Å². The third kappa shape index (κ3) is 8.01. The number of hydrogen-bond acceptors (Lipinski definition) is 4. The van der Waals surface area contributed by atoms with Gasteiger partial charge in [-0.15, -0.1) is 12.4 Å². The number of halogens is 1. The molecule has 1 rings (SSSR count). The summed E-state index contributed by atoms with van der Waals surface area (Å²) in [5.41, 5.74) is 5.45. The zero-order valence-corrected chi connectivity index (χ0v) is 13.8. The molecule has 0 aromatic heterocycles. The summed E-state index contributed by atoms with van der Waals surface area (Å²) < 4.78 is 26.0. The molecule has 0 fully saturated rings. The van der Waals surface area contributed by atoms with Crippen molar-refractivity contribution in [1.29, 1.82) is 0 Å². The van der Waals surface area contributed by atoms with Gasteiger partial charge in [0.1, 0.15) is 0 Å². The summed E-state index contributed by atoms with van der Waals surface area (Å²) in [7, 11) is -3.43. The molecule has 120 valence electrons. The molecule has 0 radical (unpaired) electrons. The van der Waals surface area contributed by atoms with E-state index >= 15 is 0 Å². The van der Waals surface area contributed by atoms with Crippen LogP contribution in [0, 0.1) is 0 Å². The third-order valence-corrected chi connectivity index (χ3v) is 3.91. The van der Waals surface area contributed by atoms with E-state index in [9.17, 15) is 13.2 Å². The number of benzene rings is 1. The van der Waals surface area contributed by atoms with Crippen LogP contribution in [0.2, 0.25) is 0 Å². The Bertz CT molecular complexity index is 542. The van der Waals surface area contributed by atoms with E-state index in [-0.39, 0.29) is 37.2 Å². The minimum atomic E-state index is -3.43. The van der Waals surface area contributed by atoms with E-state index in [2.05, 4.69) is 10.0 Å². The Labute approximate surface area is 132 Å². The molecule has 4 N–H and O–H groups in total. The molecule has 0 bridgehead atoms. The molecule has 0 aliphatic carbocycles. The van der Waals surface area contributed by atoms with Crippen molar-refractivity contribution in [3.63, 3.8) is 0 Å². The Hall–Kier alpha value is -1.15. The molecule has 8 heteroatoms. The number of hydrogen-bond donors (Lipinski definition) is 3. The maximum absolute atomic E-state index is 11.7. The fourth-order valence-corrected chi connectivity index (χ4v) is 2.29. The smallest absolute Gasteiger partial charge is 0.239 e. The fourth-order valence-electron chi connectivity index (χ4n) is 1.39. The van der Waals surface area contributed by atoms with E-state index in [0.717, 1.165) is 5.56 Å². The lowest BCUT2D eigenvalue weighted by molar-refractivity contribution is -0.125. The van der Waals surface area contributed by atoms with Gasteiger partial charge in [0.2, 0.25) is 15.9 Å². The maximum Gasteiger partial charge on any atom is 0.239 e. The van der Waals surface area contributed by atoms with Gasteiger partial charge in [0.25, 0.3) is 0 Å². The first-order valence-corrected chi connectivity index (χ1v) is 7.94. The first kappa shape index (κ1) is 19.9. The van der Waals surface area contributed by atoms with Crippen molar-refractivity contribution < 1.29 is 13.2 Å². The number of nitrogens with two attached hydrogens (primary N) is 1. The summed E-state index contributed by atoms with van der Waals surface area (Å²) in [6.07, 6.45) is 0. The molecule has 0 aliphatic heterocycles. The van der Waals surface area contributed by atoms with Crippen molar-refractivity contribution in [3.8, 4) is 0 Å². The Balaban J connectivity index is 0.00000400. The van der Waals surface area contributed by atoms with E-state index in [1.807, 2.05) is 30.3 Å². The highest BCUT2D eigenvalue weighted by molar-refractivity contribution is 7.89. The van der Waals surface area contributed by atoms with Crippen LogP contribution >= 0.6 is 12.4 Å². The molecule has 21 heavy (non-hydrogen) atoms. The average Bonchev–Trinajstić information content (AvgIpc) is 2.36. The second-order valence-electron chi connectivity index (χ2n) is 5.10. The molecular weight excluding hydrogens is 314 g/mol. The van der Waals surface area contributed by atoms with Gasteiger partial charge in [0.15, 0.2) is 0 Å². The van der Waals surface area contributed by atoms with Crippen LogP contribution in [0.15, 0.2) is 30.3 Å². The summed E-state index contributed by atoms with van der Waals surface area (Å²) in [4.78, 5) is 11.5. The van der Waals surface area contributed by atoms with Crippen LogP contribution in [0.3, 0.4) is 0 Å². The van der Waals surface area contributed by atoms with E-state index in [1.54, 1.807) is 13.8 Å². The van der Waals surface area contributed by atoms with Crippen molar-refractivity contribution in [2.75, 3.05) is 12.3 Å². The molecule has 0 atom stereocenters. The Morgan fingerprint density at radius 2 is 1.81 bits per heavy atom. The summed E-state index contributed by atoms with van der Waals surface area (Å²) in [5.74, 6) is -0.558. The predicted molar refractivity (Wildman–Crippen MR) is 85.6 cm³/mol. The molecule has 0 saturated heterocycles. The van der Waals surface area contributed by atoms with Crippen molar-refractivity contribution >= 4 is 28.3 Å². The zero-order valence-electron chi connectivity index (χ0n) is 12.1. The molecule has 1 amide bonds. The Kier molecular flexibility index (Phi) is 7.87. The molecule has 1 aromatic carbocycles. The summed E-state index contributed by atoms with van der Waals surface area (Å²) in [6, 6.07) is 9.21. The number of amides is 1. The second kappa shape index (κ2) is 8.33. The lowest BCUT2D eigenvalue weighted by Gasteiger charge is -2.17. The summed E-state index contributed by atoms with van der Waals surface area (Å²) in [5, 5.41) is 2.49. The number of carbonyl (C=O) groups excluding carboxylic acids is 1.